The SMILES string of the molecule is CC/C=C\C/C=C\C/C=C\C/C=C\CCC(=O)OC(COC(=O)CCCCCCCCCCCCCCCCCCCC/C=C\C/C=C\C/C=C\CCCCCCC)COP(=O)(O)OCCN. The number of unbranched alkanes of at least 4 members (excludes halogenated alkanes) is 23. The van der Waals surface area contributed by atoms with E-state index in [2.05, 4.69) is 86.8 Å². The van der Waals surface area contributed by atoms with Crippen molar-refractivity contribution in [2.45, 2.75) is 238 Å². The van der Waals surface area contributed by atoms with Crippen molar-refractivity contribution >= 4 is 19.8 Å². The first-order valence-corrected chi connectivity index (χ1v) is 28.6. The average Bonchev–Trinajstić information content (AvgIpc) is 3.32. The van der Waals surface area contributed by atoms with Gasteiger partial charge in [0, 0.05) is 19.4 Å². The van der Waals surface area contributed by atoms with Gasteiger partial charge in [0.1, 0.15) is 6.61 Å². The minimum absolute atomic E-state index is 0.0401. The van der Waals surface area contributed by atoms with Gasteiger partial charge in [0.15, 0.2) is 6.10 Å². The van der Waals surface area contributed by atoms with Crippen LogP contribution in [0.2, 0.25) is 0 Å². The Hall–Kier alpha value is -2.81. The molecule has 2 unspecified atom stereocenters. The smallest absolute Gasteiger partial charge is 0.462 e. The fourth-order valence-electron chi connectivity index (χ4n) is 7.30. The molecule has 0 aromatic heterocycles. The van der Waals surface area contributed by atoms with E-state index < -0.39 is 32.5 Å². The number of phosphoric ester groups is 1. The molecule has 0 aromatic carbocycles. The van der Waals surface area contributed by atoms with Crippen molar-refractivity contribution in [3.05, 3.63) is 85.1 Å². The van der Waals surface area contributed by atoms with Crippen LogP contribution in [-0.4, -0.2) is 49.3 Å². The first kappa shape index (κ1) is 64.2. The molecule has 0 radical (unpaired) electrons. The molecule has 0 aliphatic heterocycles. The van der Waals surface area contributed by atoms with E-state index in [0.29, 0.717) is 6.42 Å². The Morgan fingerprint density at radius 1 is 0.463 bits per heavy atom. The molecule has 3 N–H and O–H groups in total. The van der Waals surface area contributed by atoms with Gasteiger partial charge in [-0.3, -0.25) is 18.6 Å². The van der Waals surface area contributed by atoms with Crippen LogP contribution in [0, 0.1) is 0 Å². The van der Waals surface area contributed by atoms with E-state index in [0.717, 1.165) is 57.8 Å². The molecule has 0 amide bonds. The molecule has 9 nitrogen and oxygen atoms in total. The summed E-state index contributed by atoms with van der Waals surface area (Å²) in [6.45, 7) is 3.53. The van der Waals surface area contributed by atoms with Crippen LogP contribution in [-0.2, 0) is 32.7 Å². The van der Waals surface area contributed by atoms with Gasteiger partial charge in [0.2, 0.25) is 0 Å². The predicted octanol–water partition coefficient (Wildman–Crippen LogP) is 16.7. The first-order chi connectivity index (χ1) is 32.8. The number of rotatable bonds is 50. The molecular weight excluding hydrogens is 858 g/mol. The van der Waals surface area contributed by atoms with E-state index in [-0.39, 0.29) is 32.6 Å². The van der Waals surface area contributed by atoms with Gasteiger partial charge in [-0.05, 0) is 77.0 Å². The van der Waals surface area contributed by atoms with Gasteiger partial charge < -0.3 is 20.1 Å². The molecule has 0 spiro atoms. The lowest BCUT2D eigenvalue weighted by Gasteiger charge is -2.19. The molecule has 0 rings (SSSR count). The highest BCUT2D eigenvalue weighted by Gasteiger charge is 2.26. The number of hydrogen-bond acceptors (Lipinski definition) is 8. The van der Waals surface area contributed by atoms with Crippen LogP contribution in [0.1, 0.15) is 232 Å². The maximum absolute atomic E-state index is 12.6. The summed E-state index contributed by atoms with van der Waals surface area (Å²) in [7, 11) is -4.40. The average molecular weight is 958 g/mol. The van der Waals surface area contributed by atoms with Gasteiger partial charge in [-0.25, -0.2) is 4.57 Å². The molecular formula is C57H100NO8P. The summed E-state index contributed by atoms with van der Waals surface area (Å²) in [6.07, 6.45) is 68.2. The fourth-order valence-corrected chi connectivity index (χ4v) is 8.07. The first-order valence-electron chi connectivity index (χ1n) is 27.1. The number of phosphoric acid groups is 1. The lowest BCUT2D eigenvalue weighted by molar-refractivity contribution is -0.161. The second-order valence-electron chi connectivity index (χ2n) is 17.7. The van der Waals surface area contributed by atoms with Crippen molar-refractivity contribution in [1.29, 1.82) is 0 Å². The van der Waals surface area contributed by atoms with Crippen LogP contribution in [0.5, 0.6) is 0 Å². The van der Waals surface area contributed by atoms with Gasteiger partial charge in [-0.15, -0.1) is 0 Å². The minimum atomic E-state index is -4.40. The zero-order chi connectivity index (χ0) is 48.8. The van der Waals surface area contributed by atoms with Gasteiger partial charge in [-0.2, -0.15) is 0 Å². The Morgan fingerprint density at radius 3 is 1.28 bits per heavy atom. The summed E-state index contributed by atoms with van der Waals surface area (Å²) < 4.78 is 32.8. The molecule has 0 aromatic rings. The molecule has 10 heteroatoms. The molecule has 0 aliphatic rings. The highest BCUT2D eigenvalue weighted by Crippen LogP contribution is 2.43. The van der Waals surface area contributed by atoms with Crippen LogP contribution in [0.4, 0.5) is 0 Å². The van der Waals surface area contributed by atoms with Gasteiger partial charge >= 0.3 is 19.8 Å². The molecule has 386 valence electrons. The molecule has 0 heterocycles. The summed E-state index contributed by atoms with van der Waals surface area (Å²) in [5.41, 5.74) is 5.35. The monoisotopic (exact) mass is 958 g/mol. The Morgan fingerprint density at radius 2 is 0.851 bits per heavy atom. The fraction of sp³-hybridized carbons (Fsp3) is 0.719. The van der Waals surface area contributed by atoms with Gasteiger partial charge in [-0.1, -0.05) is 227 Å². The molecule has 67 heavy (non-hydrogen) atoms. The van der Waals surface area contributed by atoms with E-state index in [1.165, 1.54) is 141 Å². The molecule has 2 atom stereocenters. The summed E-state index contributed by atoms with van der Waals surface area (Å²) in [4.78, 5) is 34.9. The Balaban J connectivity index is 3.90. The second-order valence-corrected chi connectivity index (χ2v) is 19.2. The van der Waals surface area contributed by atoms with Crippen molar-refractivity contribution < 1.29 is 37.6 Å². The lowest BCUT2D eigenvalue weighted by atomic mass is 10.0. The number of carbonyl (C=O) groups is 2. The highest BCUT2D eigenvalue weighted by atomic mass is 31.2. The maximum Gasteiger partial charge on any atom is 0.472 e. The van der Waals surface area contributed by atoms with Crippen LogP contribution < -0.4 is 5.73 Å². The Kier molecular flexibility index (Phi) is 50.4. The topological polar surface area (TPSA) is 134 Å². The van der Waals surface area contributed by atoms with Crippen LogP contribution in [0.25, 0.3) is 0 Å². The van der Waals surface area contributed by atoms with E-state index in [1.54, 1.807) is 0 Å². The van der Waals surface area contributed by atoms with Crippen molar-refractivity contribution in [3.8, 4) is 0 Å². The van der Waals surface area contributed by atoms with Gasteiger partial charge in [0.25, 0.3) is 0 Å². The Labute approximate surface area is 411 Å². The maximum atomic E-state index is 12.6. The van der Waals surface area contributed by atoms with E-state index in [9.17, 15) is 19.0 Å². The third-order valence-electron chi connectivity index (χ3n) is 11.3. The largest absolute Gasteiger partial charge is 0.472 e. The highest BCUT2D eigenvalue weighted by molar-refractivity contribution is 7.47. The van der Waals surface area contributed by atoms with Crippen molar-refractivity contribution in [1.82, 2.24) is 0 Å². The zero-order valence-corrected chi connectivity index (χ0v) is 43.8. The van der Waals surface area contributed by atoms with Crippen LogP contribution in [0.3, 0.4) is 0 Å². The number of hydrogen-bond donors (Lipinski definition) is 2. The van der Waals surface area contributed by atoms with E-state index in [4.69, 9.17) is 24.3 Å². The quantitative estimate of drug-likeness (QED) is 0.0264. The van der Waals surface area contributed by atoms with Crippen molar-refractivity contribution in [2.24, 2.45) is 5.73 Å². The number of ether oxygens (including phenoxy) is 2. The number of esters is 2. The normalized spacial score (nSPS) is 13.8. The second kappa shape index (κ2) is 52.6. The van der Waals surface area contributed by atoms with Crippen molar-refractivity contribution in [2.75, 3.05) is 26.4 Å². The standard InChI is InChI=1S/C57H100NO8P/c1-3-5-7-9-11-13-15-17-18-19-20-21-22-23-24-25-26-27-28-29-30-31-32-33-34-35-36-38-39-41-43-45-47-49-56(59)63-53-55(54-65-67(61,62)64-52-51-58)66-57(60)50-48-46-44-42-40-37-16-14-12-10-8-6-4-2/h6,8,12,14-15,17,19-20,22-23,37,40,44,46,55H,3-5,7,9-11,13,16,18,21,24-36,38-39,41-43,45,47-54,58H2,1-2H3,(H,61,62)/b8-6-,14-12-,17-15-,20-19-,23-22-,40-37-,46-44-. The zero-order valence-electron chi connectivity index (χ0n) is 42.9. The lowest BCUT2D eigenvalue weighted by Crippen LogP contribution is -2.29. The molecule has 0 fully saturated rings. The molecule has 0 saturated heterocycles. The predicted molar refractivity (Wildman–Crippen MR) is 284 cm³/mol. The summed E-state index contributed by atoms with van der Waals surface area (Å²) in [6, 6.07) is 0. The van der Waals surface area contributed by atoms with Gasteiger partial charge in [0.05, 0.1) is 13.2 Å². The van der Waals surface area contributed by atoms with Crippen LogP contribution in [0.15, 0.2) is 85.1 Å². The minimum Gasteiger partial charge on any atom is -0.462 e. The molecule has 0 saturated carbocycles. The van der Waals surface area contributed by atoms with Crippen molar-refractivity contribution in [3.63, 3.8) is 0 Å². The summed E-state index contributed by atoms with van der Waals surface area (Å²) in [5.74, 6) is -0.923. The molecule has 0 aliphatic carbocycles. The van der Waals surface area contributed by atoms with Crippen LogP contribution >= 0.6 is 7.82 Å². The van der Waals surface area contributed by atoms with E-state index in [1.807, 2.05) is 12.2 Å². The third-order valence-corrected chi connectivity index (χ3v) is 12.3. The Bertz CT molecular complexity index is 1370. The summed E-state index contributed by atoms with van der Waals surface area (Å²) >= 11 is 0. The third kappa shape index (κ3) is 52.4. The number of carbonyl (C=O) groups excluding carboxylic acids is 2. The number of allylic oxidation sites excluding steroid dienone is 14. The van der Waals surface area contributed by atoms with E-state index >= 15 is 0 Å². The summed E-state index contributed by atoms with van der Waals surface area (Å²) in [5, 5.41) is 0. The molecule has 0 bridgehead atoms. The number of nitrogens with two attached hydrogens (primary N) is 1.